The molecule has 2 aliphatic rings. The summed E-state index contributed by atoms with van der Waals surface area (Å²) < 4.78 is 64.9. The highest BCUT2D eigenvalue weighted by atomic mass is 32.2. The second kappa shape index (κ2) is 4.80. The van der Waals surface area contributed by atoms with Gasteiger partial charge in [-0.2, -0.15) is 0 Å². The summed E-state index contributed by atoms with van der Waals surface area (Å²) in [6, 6.07) is 0. The lowest BCUT2D eigenvalue weighted by molar-refractivity contribution is -0.229. The van der Waals surface area contributed by atoms with Gasteiger partial charge in [-0.1, -0.05) is 0 Å². The Morgan fingerprint density at radius 3 is 1.58 bits per heavy atom. The molecule has 0 radical (unpaired) electrons. The Balaban J connectivity index is 1.96. The maximum Gasteiger partial charge on any atom is 0.269 e. The molecule has 2 aliphatic heterocycles. The fourth-order valence-corrected chi connectivity index (χ4v) is 5.11. The monoisotopic (exact) mass is 329 g/mol. The van der Waals surface area contributed by atoms with E-state index in [-0.39, 0.29) is 0 Å². The number of rotatable bonds is 4. The molecule has 0 N–H and O–H groups in total. The lowest BCUT2D eigenvalue weighted by Crippen LogP contribution is -2.23. The Morgan fingerprint density at radius 1 is 0.947 bits per heavy atom. The van der Waals surface area contributed by atoms with Crippen molar-refractivity contribution in [1.82, 2.24) is 0 Å². The molecule has 0 fully saturated rings. The minimum Gasteiger partial charge on any atom is -0.756 e. The molecule has 0 aromatic carbocycles. The van der Waals surface area contributed by atoms with Crippen molar-refractivity contribution in [2.75, 3.05) is 11.5 Å². The molecule has 0 aromatic heterocycles. The predicted molar refractivity (Wildman–Crippen MR) is 63.2 cm³/mol. The van der Waals surface area contributed by atoms with Gasteiger partial charge in [0, 0.05) is 10.8 Å². The number of hydrogen-bond acceptors (Lipinski definition) is 8. The van der Waals surface area contributed by atoms with Crippen molar-refractivity contribution in [3.8, 4) is 0 Å². The van der Waals surface area contributed by atoms with Crippen molar-refractivity contribution in [1.29, 1.82) is 0 Å². The summed E-state index contributed by atoms with van der Waals surface area (Å²) in [6.45, 7) is 0. The average molecular weight is 329 g/mol. The molecule has 2 heterocycles. The van der Waals surface area contributed by atoms with Crippen LogP contribution in [0.2, 0.25) is 0 Å². The van der Waals surface area contributed by atoms with Crippen molar-refractivity contribution in [3.05, 3.63) is 23.0 Å². The number of phosphoric ester groups is 1. The van der Waals surface area contributed by atoms with Gasteiger partial charge in [-0.05, 0) is 12.2 Å². The third-order valence-electron chi connectivity index (χ3n) is 2.32. The Labute approximate surface area is 110 Å². The first kappa shape index (κ1) is 14.9. The fraction of sp³-hybridized carbons (Fsp3) is 0.500. The van der Waals surface area contributed by atoms with Crippen LogP contribution in [0.4, 0.5) is 0 Å². The van der Waals surface area contributed by atoms with Gasteiger partial charge >= 0.3 is 0 Å². The Bertz CT molecular complexity index is 618. The van der Waals surface area contributed by atoms with E-state index in [1.54, 1.807) is 0 Å². The van der Waals surface area contributed by atoms with Crippen LogP contribution in [0, 0.1) is 0 Å². The van der Waals surface area contributed by atoms with E-state index < -0.39 is 51.2 Å². The summed E-state index contributed by atoms with van der Waals surface area (Å²) in [5.41, 5.74) is 0. The van der Waals surface area contributed by atoms with E-state index in [0.29, 0.717) is 0 Å². The lowest BCUT2D eigenvalue weighted by atomic mass is 10.4. The van der Waals surface area contributed by atoms with E-state index in [1.165, 1.54) is 0 Å². The van der Waals surface area contributed by atoms with Crippen LogP contribution >= 0.6 is 7.82 Å². The SMILES string of the molecule is O=P([O-])(O[C@@H]1C=CS(=O)(=O)C1)O[C@@H]1C=CS(=O)(=O)C1. The van der Waals surface area contributed by atoms with Crippen LogP contribution in [0.25, 0.3) is 0 Å². The highest BCUT2D eigenvalue weighted by Crippen LogP contribution is 2.43. The molecule has 0 bridgehead atoms. The van der Waals surface area contributed by atoms with Crippen LogP contribution in [0.3, 0.4) is 0 Å². The van der Waals surface area contributed by atoms with Gasteiger partial charge in [0.15, 0.2) is 19.7 Å². The standard InChI is InChI=1S/C8H11O8PS2/c9-17(10,15-7-1-3-18(11,12)5-7)16-8-2-4-19(13,14)6-8/h1-4,7-8H,5-6H2,(H,9,10)/p-1/t7-,8-/m1/s1. The van der Waals surface area contributed by atoms with Crippen molar-refractivity contribution >= 4 is 27.5 Å². The van der Waals surface area contributed by atoms with E-state index in [2.05, 4.69) is 9.05 Å². The Kier molecular flexibility index (Phi) is 3.76. The molecule has 0 aliphatic carbocycles. The lowest BCUT2D eigenvalue weighted by Gasteiger charge is -2.27. The topological polar surface area (TPSA) is 127 Å². The molecule has 19 heavy (non-hydrogen) atoms. The van der Waals surface area contributed by atoms with Crippen LogP contribution in [0.15, 0.2) is 23.0 Å². The van der Waals surface area contributed by atoms with Crippen LogP contribution < -0.4 is 4.89 Å². The Hall–Kier alpha value is -0.510. The molecule has 2 rings (SSSR count). The summed E-state index contributed by atoms with van der Waals surface area (Å²) >= 11 is 0. The van der Waals surface area contributed by atoms with E-state index in [1.807, 2.05) is 0 Å². The van der Waals surface area contributed by atoms with Crippen molar-refractivity contribution in [3.63, 3.8) is 0 Å². The quantitative estimate of drug-likeness (QED) is 0.608. The zero-order chi connectivity index (χ0) is 14.3. The van der Waals surface area contributed by atoms with Crippen LogP contribution in [0.5, 0.6) is 0 Å². The second-order valence-corrected chi connectivity index (χ2v) is 9.23. The van der Waals surface area contributed by atoms with Gasteiger partial charge in [0.1, 0.15) is 0 Å². The van der Waals surface area contributed by atoms with Gasteiger partial charge in [-0.3, -0.25) is 4.57 Å². The van der Waals surface area contributed by atoms with Crippen molar-refractivity contribution in [2.45, 2.75) is 12.2 Å². The second-order valence-electron chi connectivity index (χ2n) is 4.05. The van der Waals surface area contributed by atoms with Gasteiger partial charge in [-0.15, -0.1) is 0 Å². The van der Waals surface area contributed by atoms with E-state index in [0.717, 1.165) is 23.0 Å². The van der Waals surface area contributed by atoms with Crippen LogP contribution in [-0.2, 0) is 33.3 Å². The molecule has 108 valence electrons. The van der Waals surface area contributed by atoms with Crippen molar-refractivity contribution in [2.24, 2.45) is 0 Å². The largest absolute Gasteiger partial charge is 0.756 e. The summed E-state index contributed by atoms with van der Waals surface area (Å²) in [6.07, 6.45) is -0.111. The minimum atomic E-state index is -4.78. The average Bonchev–Trinajstić information content (AvgIpc) is 2.68. The van der Waals surface area contributed by atoms with Crippen LogP contribution in [0.1, 0.15) is 0 Å². The van der Waals surface area contributed by atoms with E-state index in [9.17, 15) is 26.3 Å². The molecular formula is C8H10O8PS2-. The zero-order valence-corrected chi connectivity index (χ0v) is 11.9. The molecule has 0 amide bonds. The van der Waals surface area contributed by atoms with Gasteiger partial charge in [-0.25, -0.2) is 16.8 Å². The number of hydrogen-bond donors (Lipinski definition) is 0. The number of phosphoric acid groups is 1. The molecule has 0 saturated heterocycles. The Morgan fingerprint density at radius 2 is 1.32 bits per heavy atom. The highest BCUT2D eigenvalue weighted by Gasteiger charge is 2.30. The van der Waals surface area contributed by atoms with Crippen molar-refractivity contribution < 1.29 is 35.3 Å². The summed E-state index contributed by atoms with van der Waals surface area (Å²) in [4.78, 5) is 11.5. The maximum absolute atomic E-state index is 11.5. The summed E-state index contributed by atoms with van der Waals surface area (Å²) in [5, 5.41) is 1.72. The molecule has 0 spiro atoms. The highest BCUT2D eigenvalue weighted by molar-refractivity contribution is 7.94. The van der Waals surface area contributed by atoms with Crippen LogP contribution in [-0.4, -0.2) is 40.5 Å². The molecular weight excluding hydrogens is 319 g/mol. The van der Waals surface area contributed by atoms with Gasteiger partial charge < -0.3 is 13.9 Å². The third kappa shape index (κ3) is 4.23. The van der Waals surface area contributed by atoms with E-state index in [4.69, 9.17) is 0 Å². The first-order chi connectivity index (χ1) is 8.57. The van der Waals surface area contributed by atoms with E-state index >= 15 is 0 Å². The molecule has 2 atom stereocenters. The smallest absolute Gasteiger partial charge is 0.269 e. The molecule has 0 aromatic rings. The zero-order valence-electron chi connectivity index (χ0n) is 9.41. The van der Waals surface area contributed by atoms with Gasteiger partial charge in [0.25, 0.3) is 7.82 Å². The minimum absolute atomic E-state index is 0.485. The van der Waals surface area contributed by atoms with Gasteiger partial charge in [0.05, 0.1) is 23.7 Å². The normalized spacial score (nSPS) is 31.8. The predicted octanol–water partition coefficient (Wildman–Crippen LogP) is -0.891. The maximum atomic E-state index is 11.5. The molecule has 0 saturated carbocycles. The summed E-state index contributed by atoms with van der Waals surface area (Å²) in [5.74, 6) is -0.969. The molecule has 11 heteroatoms. The molecule has 8 nitrogen and oxygen atoms in total. The number of sulfone groups is 2. The first-order valence-corrected chi connectivity index (χ1v) is 9.96. The summed E-state index contributed by atoms with van der Waals surface area (Å²) in [7, 11) is -11.7. The fourth-order valence-electron chi connectivity index (χ4n) is 1.58. The first-order valence-electron chi connectivity index (χ1n) is 5.07. The molecule has 0 unspecified atom stereocenters. The third-order valence-corrected chi connectivity index (χ3v) is 6.11. The van der Waals surface area contributed by atoms with Gasteiger partial charge in [0.2, 0.25) is 0 Å².